The molecule has 0 heterocycles. The van der Waals surface area contributed by atoms with Gasteiger partial charge >= 0.3 is 0 Å². The van der Waals surface area contributed by atoms with E-state index in [4.69, 9.17) is 4.74 Å². The molecular formula is C26H28NO3. The Kier molecular flexibility index (Phi) is 6.70. The zero-order valence-electron chi connectivity index (χ0n) is 18.0. The molecule has 0 amide bonds. The van der Waals surface area contributed by atoms with Crippen molar-refractivity contribution in [2.45, 2.75) is 38.8 Å². The fourth-order valence-electron chi connectivity index (χ4n) is 3.50. The Balaban J connectivity index is 1.99. The van der Waals surface area contributed by atoms with E-state index in [0.29, 0.717) is 17.5 Å². The predicted octanol–water partition coefficient (Wildman–Crippen LogP) is 5.66. The normalized spacial score (nSPS) is 12.6. The number of nitrogens with zero attached hydrogens (tertiary/aromatic N) is 1. The minimum Gasteiger partial charge on any atom is -0.497 e. The van der Waals surface area contributed by atoms with Gasteiger partial charge in [0.1, 0.15) is 5.75 Å². The minimum atomic E-state index is -0.580. The van der Waals surface area contributed by atoms with Crippen molar-refractivity contribution in [3.05, 3.63) is 101 Å². The van der Waals surface area contributed by atoms with Gasteiger partial charge in [-0.1, -0.05) is 66.7 Å². The van der Waals surface area contributed by atoms with Gasteiger partial charge in [0.25, 0.3) is 0 Å². The minimum absolute atomic E-state index is 0.0344. The van der Waals surface area contributed by atoms with Crippen LogP contribution in [-0.4, -0.2) is 23.5 Å². The lowest BCUT2D eigenvalue weighted by atomic mass is 9.90. The van der Waals surface area contributed by atoms with Crippen molar-refractivity contribution >= 4 is 5.78 Å². The molecule has 4 nitrogen and oxygen atoms in total. The van der Waals surface area contributed by atoms with Crippen molar-refractivity contribution in [1.29, 1.82) is 0 Å². The van der Waals surface area contributed by atoms with E-state index in [1.807, 2.05) is 99.6 Å². The van der Waals surface area contributed by atoms with Crippen LogP contribution < -0.4 is 4.74 Å². The molecule has 0 saturated carbocycles. The van der Waals surface area contributed by atoms with E-state index in [1.165, 1.54) is 0 Å². The summed E-state index contributed by atoms with van der Waals surface area (Å²) in [6.45, 7) is 5.70. The molecule has 1 radical (unpaired) electrons. The number of methoxy groups -OCH3 is 1. The molecule has 0 aromatic heterocycles. The maximum Gasteiger partial charge on any atom is 0.193 e. The molecule has 4 heteroatoms. The Hall–Kier alpha value is -2.95. The first kappa shape index (κ1) is 21.8. The highest BCUT2D eigenvalue weighted by molar-refractivity contribution is 6.09. The van der Waals surface area contributed by atoms with E-state index >= 15 is 0 Å². The summed E-state index contributed by atoms with van der Waals surface area (Å²) < 4.78 is 5.26. The number of hydrogen-bond acceptors (Lipinski definition) is 3. The van der Waals surface area contributed by atoms with Crippen LogP contribution in [0.5, 0.6) is 5.75 Å². The van der Waals surface area contributed by atoms with Gasteiger partial charge in [-0.05, 0) is 50.5 Å². The molecule has 0 aliphatic rings. The van der Waals surface area contributed by atoms with Crippen LogP contribution in [-0.2, 0) is 11.6 Å². The van der Waals surface area contributed by atoms with Gasteiger partial charge in [0, 0.05) is 16.7 Å². The lowest BCUT2D eigenvalue weighted by Gasteiger charge is -2.35. The zero-order chi connectivity index (χ0) is 21.7. The second-order valence-corrected chi connectivity index (χ2v) is 8.34. The Morgan fingerprint density at radius 1 is 0.900 bits per heavy atom. The van der Waals surface area contributed by atoms with Gasteiger partial charge in [-0.2, -0.15) is 0 Å². The molecule has 0 saturated heterocycles. The summed E-state index contributed by atoms with van der Waals surface area (Å²) in [5.74, 6) is 0.707. The first-order chi connectivity index (χ1) is 14.3. The highest BCUT2D eigenvalue weighted by Gasteiger charge is 2.31. The molecule has 0 spiro atoms. The largest absolute Gasteiger partial charge is 0.497 e. The van der Waals surface area contributed by atoms with Crippen molar-refractivity contribution < 1.29 is 14.7 Å². The lowest BCUT2D eigenvalue weighted by Crippen LogP contribution is -2.41. The van der Waals surface area contributed by atoms with E-state index in [2.05, 4.69) is 0 Å². The van der Waals surface area contributed by atoms with Gasteiger partial charge < -0.3 is 4.74 Å². The van der Waals surface area contributed by atoms with Crippen LogP contribution in [0.25, 0.3) is 0 Å². The monoisotopic (exact) mass is 402 g/mol. The topological polar surface area (TPSA) is 49.4 Å². The van der Waals surface area contributed by atoms with Crippen molar-refractivity contribution in [2.24, 2.45) is 0 Å². The highest BCUT2D eigenvalue weighted by Crippen LogP contribution is 2.32. The SMILES string of the molecule is COc1ccc(C(Cc2ccccc2C(=O)c2ccccc2)N([O])C(C)(C)C)cc1. The average Bonchev–Trinajstić information content (AvgIpc) is 2.77. The first-order valence-corrected chi connectivity index (χ1v) is 10.1. The third kappa shape index (κ3) is 4.96. The number of ketones is 1. The Bertz CT molecular complexity index is 975. The Labute approximate surface area is 178 Å². The van der Waals surface area contributed by atoms with Crippen LogP contribution in [0, 0.1) is 0 Å². The summed E-state index contributed by atoms with van der Waals surface area (Å²) in [6, 6.07) is 23.9. The van der Waals surface area contributed by atoms with E-state index in [1.54, 1.807) is 7.11 Å². The van der Waals surface area contributed by atoms with Crippen molar-refractivity contribution in [3.8, 4) is 5.75 Å². The second-order valence-electron chi connectivity index (χ2n) is 8.34. The number of rotatable bonds is 7. The summed E-state index contributed by atoms with van der Waals surface area (Å²) in [6.07, 6.45) is 0.432. The molecular weight excluding hydrogens is 374 g/mol. The van der Waals surface area contributed by atoms with Gasteiger partial charge in [0.2, 0.25) is 0 Å². The first-order valence-electron chi connectivity index (χ1n) is 10.1. The molecule has 155 valence electrons. The van der Waals surface area contributed by atoms with Crippen LogP contribution in [0.15, 0.2) is 78.9 Å². The van der Waals surface area contributed by atoms with Gasteiger partial charge in [-0.3, -0.25) is 4.79 Å². The van der Waals surface area contributed by atoms with Gasteiger partial charge in [-0.25, -0.2) is 0 Å². The second kappa shape index (κ2) is 9.24. The molecule has 1 unspecified atom stereocenters. The van der Waals surface area contributed by atoms with Crippen LogP contribution in [0.1, 0.15) is 53.9 Å². The smallest absolute Gasteiger partial charge is 0.193 e. The number of hydrogen-bond donors (Lipinski definition) is 0. The highest BCUT2D eigenvalue weighted by atomic mass is 16.5. The molecule has 30 heavy (non-hydrogen) atoms. The number of benzene rings is 3. The lowest BCUT2D eigenvalue weighted by molar-refractivity contribution is -0.241. The van der Waals surface area contributed by atoms with E-state index < -0.39 is 11.6 Å². The molecule has 0 fully saturated rings. The maximum absolute atomic E-state index is 13.3. The van der Waals surface area contributed by atoms with Crippen LogP contribution in [0.2, 0.25) is 0 Å². The Morgan fingerprint density at radius 3 is 2.10 bits per heavy atom. The molecule has 0 bridgehead atoms. The Morgan fingerprint density at radius 2 is 1.50 bits per heavy atom. The molecule has 3 rings (SSSR count). The molecule has 3 aromatic rings. The molecule has 1 atom stereocenters. The summed E-state index contributed by atoms with van der Waals surface area (Å²) >= 11 is 0. The number of ether oxygens (including phenoxy) is 1. The van der Waals surface area contributed by atoms with Crippen LogP contribution in [0.4, 0.5) is 0 Å². The summed E-state index contributed by atoms with van der Waals surface area (Å²) in [5.41, 5.74) is 2.44. The van der Waals surface area contributed by atoms with E-state index in [-0.39, 0.29) is 5.78 Å². The van der Waals surface area contributed by atoms with Crippen molar-refractivity contribution in [3.63, 3.8) is 0 Å². The predicted molar refractivity (Wildman–Crippen MR) is 118 cm³/mol. The number of carbonyl (C=O) groups excluding carboxylic acids is 1. The van der Waals surface area contributed by atoms with Crippen molar-refractivity contribution in [1.82, 2.24) is 5.06 Å². The van der Waals surface area contributed by atoms with E-state index in [0.717, 1.165) is 21.9 Å². The standard InChI is InChI=1S/C26H28NO3/c1-26(2,3)27(29)24(19-14-16-22(30-4)17-15-19)18-21-12-8-9-13-23(21)25(28)20-10-6-5-7-11-20/h5-17,24H,18H2,1-4H3. The van der Waals surface area contributed by atoms with Crippen molar-refractivity contribution in [2.75, 3.05) is 7.11 Å². The van der Waals surface area contributed by atoms with Crippen LogP contribution in [0.3, 0.4) is 0 Å². The average molecular weight is 403 g/mol. The van der Waals surface area contributed by atoms with Gasteiger partial charge in [-0.15, -0.1) is 10.3 Å². The molecule has 3 aromatic carbocycles. The molecule has 0 aliphatic carbocycles. The molecule has 0 aliphatic heterocycles. The van der Waals surface area contributed by atoms with Gasteiger partial charge in [0.05, 0.1) is 13.2 Å². The number of carbonyl (C=O) groups is 1. The fourth-order valence-corrected chi connectivity index (χ4v) is 3.50. The van der Waals surface area contributed by atoms with Gasteiger partial charge in [0.15, 0.2) is 5.78 Å². The molecule has 0 N–H and O–H groups in total. The van der Waals surface area contributed by atoms with E-state index in [9.17, 15) is 10.0 Å². The fraction of sp³-hybridized carbons (Fsp3) is 0.269. The maximum atomic E-state index is 13.3. The van der Waals surface area contributed by atoms with Crippen LogP contribution >= 0.6 is 0 Å². The summed E-state index contributed by atoms with van der Waals surface area (Å²) in [5, 5.41) is 14.4. The third-order valence-corrected chi connectivity index (χ3v) is 5.16. The quantitative estimate of drug-likeness (QED) is 0.379. The number of hydroxylamine groups is 2. The summed E-state index contributed by atoms with van der Waals surface area (Å²) in [7, 11) is 1.62. The summed E-state index contributed by atoms with van der Waals surface area (Å²) in [4.78, 5) is 13.1. The zero-order valence-corrected chi connectivity index (χ0v) is 18.0. The third-order valence-electron chi connectivity index (χ3n) is 5.16.